The highest BCUT2D eigenvalue weighted by atomic mass is 16.5. The topological polar surface area (TPSA) is 75.6 Å². The fourth-order valence-electron chi connectivity index (χ4n) is 3.85. The van der Waals surface area contributed by atoms with Crippen LogP contribution in [0.1, 0.15) is 29.9 Å². The highest BCUT2D eigenvalue weighted by molar-refractivity contribution is 5.82. The molecule has 0 aliphatic heterocycles. The number of benzene rings is 2. The van der Waals surface area contributed by atoms with Gasteiger partial charge in [0.05, 0.1) is 5.41 Å². The van der Waals surface area contributed by atoms with Gasteiger partial charge in [0.2, 0.25) is 0 Å². The molecular weight excluding hydrogens is 342 g/mol. The van der Waals surface area contributed by atoms with Gasteiger partial charge in [0.1, 0.15) is 12.6 Å². The van der Waals surface area contributed by atoms with Crippen LogP contribution in [0.3, 0.4) is 0 Å². The van der Waals surface area contributed by atoms with Gasteiger partial charge in [0, 0.05) is 5.92 Å². The fourth-order valence-corrected chi connectivity index (χ4v) is 3.85. The lowest BCUT2D eigenvalue weighted by atomic mass is 9.97. The maximum Gasteiger partial charge on any atom is 0.407 e. The summed E-state index contributed by atoms with van der Waals surface area (Å²) in [4.78, 5) is 23.8. The molecule has 2 aliphatic carbocycles. The molecule has 0 radical (unpaired) electrons. The van der Waals surface area contributed by atoms with E-state index in [1.165, 1.54) is 0 Å². The van der Waals surface area contributed by atoms with E-state index in [0.717, 1.165) is 22.3 Å². The Hall–Kier alpha value is -3.26. The van der Waals surface area contributed by atoms with Crippen molar-refractivity contribution in [2.45, 2.75) is 24.8 Å². The van der Waals surface area contributed by atoms with Crippen LogP contribution in [0.15, 0.2) is 48.5 Å². The summed E-state index contributed by atoms with van der Waals surface area (Å²) in [5.74, 6) is 1.30. The van der Waals surface area contributed by atoms with Crippen LogP contribution in [0.5, 0.6) is 0 Å². The largest absolute Gasteiger partial charge is 0.480 e. The van der Waals surface area contributed by atoms with Gasteiger partial charge in [-0.15, -0.1) is 6.42 Å². The average Bonchev–Trinajstić information content (AvgIpc) is 3.41. The number of nitrogens with one attached hydrogen (secondary N) is 1. The Morgan fingerprint density at radius 3 is 2.19 bits per heavy atom. The van der Waals surface area contributed by atoms with E-state index in [9.17, 15) is 14.7 Å². The number of carboxylic acids is 1. The van der Waals surface area contributed by atoms with Crippen LogP contribution in [0.25, 0.3) is 11.1 Å². The van der Waals surface area contributed by atoms with Gasteiger partial charge in [-0.2, -0.15) is 0 Å². The third-order valence-electron chi connectivity index (χ3n) is 5.48. The minimum Gasteiger partial charge on any atom is -0.480 e. The van der Waals surface area contributed by atoms with Crippen molar-refractivity contribution in [1.29, 1.82) is 0 Å². The second kappa shape index (κ2) is 6.48. The van der Waals surface area contributed by atoms with Crippen LogP contribution in [0.4, 0.5) is 4.79 Å². The third kappa shape index (κ3) is 2.93. The molecule has 0 bridgehead atoms. The molecule has 5 nitrogen and oxygen atoms in total. The van der Waals surface area contributed by atoms with Gasteiger partial charge in [-0.25, -0.2) is 9.59 Å². The summed E-state index contributed by atoms with van der Waals surface area (Å²) in [5, 5.41) is 11.8. The highest BCUT2D eigenvalue weighted by Gasteiger charge is 2.52. The Morgan fingerprint density at radius 1 is 1.15 bits per heavy atom. The lowest BCUT2D eigenvalue weighted by molar-refractivity contribution is -0.140. The van der Waals surface area contributed by atoms with Gasteiger partial charge in [-0.1, -0.05) is 54.5 Å². The Kier molecular flexibility index (Phi) is 4.12. The summed E-state index contributed by atoms with van der Waals surface area (Å²) in [7, 11) is 0. The standard InChI is InChI=1S/C22H19NO4/c1-2-22(11-12-22)19(20(24)25)23-21(26)27-13-18-16-9-5-3-7-14(16)15-8-4-6-10-17(15)18/h1,3-10,18-19H,11-13H2,(H,23,26)(H,24,25)/t19-/m1/s1. The first kappa shape index (κ1) is 17.2. The average molecular weight is 361 g/mol. The molecule has 1 fully saturated rings. The van der Waals surface area contributed by atoms with E-state index >= 15 is 0 Å². The molecule has 4 rings (SSSR count). The first-order valence-electron chi connectivity index (χ1n) is 8.88. The lowest BCUT2D eigenvalue weighted by Crippen LogP contribution is -2.47. The van der Waals surface area contributed by atoms with Crippen LogP contribution >= 0.6 is 0 Å². The number of hydrogen-bond donors (Lipinski definition) is 2. The van der Waals surface area contributed by atoms with Gasteiger partial charge in [0.25, 0.3) is 0 Å². The second-order valence-electron chi connectivity index (χ2n) is 7.04. The first-order valence-corrected chi connectivity index (χ1v) is 8.88. The molecule has 1 atom stereocenters. The smallest absolute Gasteiger partial charge is 0.407 e. The molecule has 0 unspecified atom stereocenters. The van der Waals surface area contributed by atoms with Crippen molar-refractivity contribution in [3.8, 4) is 23.5 Å². The number of alkyl carbamates (subject to hydrolysis) is 1. The first-order chi connectivity index (χ1) is 13.1. The zero-order valence-corrected chi connectivity index (χ0v) is 14.6. The highest BCUT2D eigenvalue weighted by Crippen LogP contribution is 2.48. The molecule has 2 N–H and O–H groups in total. The molecule has 0 saturated heterocycles. The van der Waals surface area contributed by atoms with Crippen LogP contribution < -0.4 is 5.32 Å². The third-order valence-corrected chi connectivity index (χ3v) is 5.48. The number of ether oxygens (including phenoxy) is 1. The Morgan fingerprint density at radius 2 is 1.70 bits per heavy atom. The maximum atomic E-state index is 12.3. The number of aliphatic carboxylic acids is 1. The predicted molar refractivity (Wildman–Crippen MR) is 100 cm³/mol. The van der Waals surface area contributed by atoms with E-state index in [1.54, 1.807) is 0 Å². The minimum atomic E-state index is -1.14. The van der Waals surface area contributed by atoms with Gasteiger partial charge in [-0.3, -0.25) is 0 Å². The lowest BCUT2D eigenvalue weighted by Gasteiger charge is -2.20. The molecule has 2 aromatic carbocycles. The Balaban J connectivity index is 1.48. The summed E-state index contributed by atoms with van der Waals surface area (Å²) in [6, 6.07) is 14.9. The predicted octanol–water partition coefficient (Wildman–Crippen LogP) is 3.39. The molecule has 2 aromatic rings. The van der Waals surface area contributed by atoms with Crippen LogP contribution in [-0.2, 0) is 9.53 Å². The number of carbonyl (C=O) groups is 2. The fraction of sp³-hybridized carbons (Fsp3) is 0.273. The molecule has 27 heavy (non-hydrogen) atoms. The normalized spacial score (nSPS) is 17.1. The van der Waals surface area contributed by atoms with Gasteiger partial charge >= 0.3 is 12.1 Å². The summed E-state index contributed by atoms with van der Waals surface area (Å²) in [6.45, 7) is 0.134. The van der Waals surface area contributed by atoms with E-state index in [2.05, 4.69) is 23.4 Å². The van der Waals surface area contributed by atoms with Crippen molar-refractivity contribution in [1.82, 2.24) is 5.32 Å². The molecule has 1 amide bonds. The summed E-state index contributed by atoms with van der Waals surface area (Å²) >= 11 is 0. The monoisotopic (exact) mass is 361 g/mol. The molecule has 0 aromatic heterocycles. The van der Waals surface area contributed by atoms with Gasteiger partial charge in [0.15, 0.2) is 0 Å². The van der Waals surface area contributed by atoms with Gasteiger partial charge < -0.3 is 15.2 Å². The van der Waals surface area contributed by atoms with Crippen molar-refractivity contribution >= 4 is 12.1 Å². The molecule has 5 heteroatoms. The zero-order valence-electron chi connectivity index (χ0n) is 14.6. The second-order valence-corrected chi connectivity index (χ2v) is 7.04. The van der Waals surface area contributed by atoms with E-state index in [4.69, 9.17) is 11.2 Å². The van der Waals surface area contributed by atoms with Crippen molar-refractivity contribution in [3.05, 3.63) is 59.7 Å². The molecular formula is C22H19NO4. The van der Waals surface area contributed by atoms with Crippen LogP contribution in [0.2, 0.25) is 0 Å². The molecule has 1 saturated carbocycles. The van der Waals surface area contributed by atoms with E-state index in [0.29, 0.717) is 12.8 Å². The number of hydrogen-bond acceptors (Lipinski definition) is 3. The van der Waals surface area contributed by atoms with Crippen LogP contribution in [0, 0.1) is 17.8 Å². The SMILES string of the molecule is C#CC1([C@H](NC(=O)OCC2c3ccccc3-c3ccccc32)C(=O)O)CC1. The number of terminal acetylenes is 1. The van der Waals surface area contributed by atoms with Crippen LogP contribution in [-0.4, -0.2) is 29.8 Å². The summed E-state index contributed by atoms with van der Waals surface area (Å²) in [6.07, 6.45) is 5.87. The van der Waals surface area contributed by atoms with Crippen molar-refractivity contribution in [2.24, 2.45) is 5.41 Å². The molecule has 0 heterocycles. The number of rotatable bonds is 5. The summed E-state index contributed by atoms with van der Waals surface area (Å²) < 4.78 is 5.41. The Bertz CT molecular complexity index is 909. The van der Waals surface area contributed by atoms with E-state index in [1.807, 2.05) is 36.4 Å². The number of carbonyl (C=O) groups excluding carboxylic acids is 1. The zero-order chi connectivity index (χ0) is 19.0. The number of amides is 1. The summed E-state index contributed by atoms with van der Waals surface area (Å²) in [5.41, 5.74) is 3.67. The van der Waals surface area contributed by atoms with Crippen molar-refractivity contribution in [3.63, 3.8) is 0 Å². The number of fused-ring (bicyclic) bond motifs is 3. The van der Waals surface area contributed by atoms with E-state index < -0.39 is 23.5 Å². The maximum absolute atomic E-state index is 12.3. The molecule has 2 aliphatic rings. The quantitative estimate of drug-likeness (QED) is 0.801. The van der Waals surface area contributed by atoms with Crippen molar-refractivity contribution < 1.29 is 19.4 Å². The van der Waals surface area contributed by atoms with Crippen molar-refractivity contribution in [2.75, 3.05) is 6.61 Å². The van der Waals surface area contributed by atoms with E-state index in [-0.39, 0.29) is 12.5 Å². The van der Waals surface area contributed by atoms with Gasteiger partial charge in [-0.05, 0) is 35.1 Å². The minimum absolute atomic E-state index is 0.0750. The molecule has 0 spiro atoms. The Labute approximate surface area is 157 Å². The molecule has 136 valence electrons. The number of carboxylic acid groups (broad SMARTS) is 1.